The summed E-state index contributed by atoms with van der Waals surface area (Å²) in [5.74, 6) is -0.0256. The van der Waals surface area contributed by atoms with Crippen molar-refractivity contribution in [1.29, 1.82) is 0 Å². The number of hydrogen-bond donors (Lipinski definition) is 2. The highest BCUT2D eigenvalue weighted by Gasteiger charge is 2.27. The zero-order chi connectivity index (χ0) is 12.3. The molecular formula is C12H17BrN2OS. The van der Waals surface area contributed by atoms with E-state index in [1.807, 2.05) is 11.4 Å². The topological polar surface area (TPSA) is 55.1 Å². The molecule has 2 rings (SSSR count). The van der Waals surface area contributed by atoms with Gasteiger partial charge in [0.15, 0.2) is 0 Å². The fourth-order valence-corrected chi connectivity index (χ4v) is 3.36. The minimum atomic E-state index is -0.193. The molecule has 1 aliphatic rings. The molecule has 17 heavy (non-hydrogen) atoms. The molecule has 0 saturated heterocycles. The maximum atomic E-state index is 11.9. The van der Waals surface area contributed by atoms with E-state index in [1.165, 1.54) is 30.6 Å². The zero-order valence-electron chi connectivity index (χ0n) is 9.67. The van der Waals surface area contributed by atoms with Gasteiger partial charge in [0.05, 0.1) is 9.35 Å². The van der Waals surface area contributed by atoms with Gasteiger partial charge in [-0.1, -0.05) is 19.3 Å². The van der Waals surface area contributed by atoms with Crippen molar-refractivity contribution < 1.29 is 4.79 Å². The Bertz CT molecular complexity index is 399. The lowest BCUT2D eigenvalue weighted by atomic mass is 9.82. The molecule has 0 radical (unpaired) electrons. The summed E-state index contributed by atoms with van der Waals surface area (Å²) in [6.45, 7) is 0.583. The molecule has 1 aromatic rings. The number of carbonyl (C=O) groups excluding carboxylic acids is 1. The quantitative estimate of drug-likeness (QED) is 0.900. The van der Waals surface area contributed by atoms with Gasteiger partial charge < -0.3 is 11.1 Å². The SMILES string of the molecule is NC1(CNC(=O)c2csc(Br)c2)CCCCC1. The van der Waals surface area contributed by atoms with Crippen molar-refractivity contribution in [3.63, 3.8) is 0 Å². The number of nitrogens with one attached hydrogen (secondary N) is 1. The molecule has 0 spiro atoms. The van der Waals surface area contributed by atoms with Crippen LogP contribution in [0.5, 0.6) is 0 Å². The smallest absolute Gasteiger partial charge is 0.252 e. The number of carbonyl (C=O) groups is 1. The van der Waals surface area contributed by atoms with Crippen LogP contribution >= 0.6 is 27.3 Å². The second-order valence-corrected chi connectivity index (χ2v) is 7.04. The van der Waals surface area contributed by atoms with Crippen LogP contribution in [0, 0.1) is 0 Å². The van der Waals surface area contributed by atoms with Crippen LogP contribution in [0.3, 0.4) is 0 Å². The largest absolute Gasteiger partial charge is 0.350 e. The maximum absolute atomic E-state index is 11.9. The van der Waals surface area contributed by atoms with Crippen LogP contribution in [-0.4, -0.2) is 18.0 Å². The minimum Gasteiger partial charge on any atom is -0.350 e. The first-order valence-electron chi connectivity index (χ1n) is 5.90. The van der Waals surface area contributed by atoms with E-state index in [2.05, 4.69) is 21.2 Å². The highest BCUT2D eigenvalue weighted by molar-refractivity contribution is 9.11. The Hall–Kier alpha value is -0.390. The zero-order valence-corrected chi connectivity index (χ0v) is 12.1. The van der Waals surface area contributed by atoms with Gasteiger partial charge in [-0.3, -0.25) is 4.79 Å². The first-order chi connectivity index (χ1) is 8.09. The summed E-state index contributed by atoms with van der Waals surface area (Å²) in [6, 6.07) is 1.84. The minimum absolute atomic E-state index is 0.0256. The lowest BCUT2D eigenvalue weighted by Crippen LogP contribution is -2.51. The molecule has 94 valence electrons. The summed E-state index contributed by atoms with van der Waals surface area (Å²) in [5.41, 5.74) is 6.79. The van der Waals surface area contributed by atoms with Crippen molar-refractivity contribution in [2.45, 2.75) is 37.6 Å². The van der Waals surface area contributed by atoms with Crippen LogP contribution in [-0.2, 0) is 0 Å². The first kappa shape index (κ1) is 13.1. The molecule has 0 aliphatic heterocycles. The molecule has 0 aromatic carbocycles. The van der Waals surface area contributed by atoms with Crippen molar-refractivity contribution in [2.24, 2.45) is 5.73 Å². The van der Waals surface area contributed by atoms with Gasteiger partial charge >= 0.3 is 0 Å². The number of amides is 1. The van der Waals surface area contributed by atoms with E-state index in [0.717, 1.165) is 16.6 Å². The molecule has 1 heterocycles. The van der Waals surface area contributed by atoms with Crippen molar-refractivity contribution in [2.75, 3.05) is 6.54 Å². The van der Waals surface area contributed by atoms with E-state index in [9.17, 15) is 4.79 Å². The molecule has 0 bridgehead atoms. The van der Waals surface area contributed by atoms with E-state index < -0.39 is 0 Å². The third-order valence-corrected chi connectivity index (χ3v) is 4.78. The second-order valence-electron chi connectivity index (χ2n) is 4.75. The standard InChI is InChI=1S/C12H17BrN2OS/c13-10-6-9(7-17-10)11(16)15-8-12(14)4-2-1-3-5-12/h6-7H,1-5,8,14H2,(H,15,16). The summed E-state index contributed by atoms with van der Waals surface area (Å²) < 4.78 is 0.975. The van der Waals surface area contributed by atoms with E-state index >= 15 is 0 Å². The van der Waals surface area contributed by atoms with Crippen molar-refractivity contribution in [3.8, 4) is 0 Å². The number of rotatable bonds is 3. The molecule has 1 saturated carbocycles. The molecule has 1 amide bonds. The Labute approximate surface area is 114 Å². The summed E-state index contributed by atoms with van der Waals surface area (Å²) in [6.07, 6.45) is 5.65. The number of nitrogens with two attached hydrogens (primary N) is 1. The fourth-order valence-electron chi connectivity index (χ4n) is 2.22. The van der Waals surface area contributed by atoms with Gasteiger partial charge in [0.2, 0.25) is 0 Å². The van der Waals surface area contributed by atoms with E-state index in [1.54, 1.807) is 0 Å². The molecule has 3 nitrogen and oxygen atoms in total. The van der Waals surface area contributed by atoms with Crippen LogP contribution < -0.4 is 11.1 Å². The third-order valence-electron chi connectivity index (χ3n) is 3.28. The van der Waals surface area contributed by atoms with E-state index in [-0.39, 0.29) is 11.4 Å². The predicted octanol–water partition coefficient (Wildman–Crippen LogP) is 2.90. The van der Waals surface area contributed by atoms with Crippen molar-refractivity contribution in [1.82, 2.24) is 5.32 Å². The molecule has 0 unspecified atom stereocenters. The molecule has 1 aliphatic carbocycles. The van der Waals surface area contributed by atoms with Gasteiger partial charge in [-0.2, -0.15) is 0 Å². The summed E-state index contributed by atoms with van der Waals surface area (Å²) in [7, 11) is 0. The van der Waals surface area contributed by atoms with Crippen LogP contribution in [0.15, 0.2) is 15.2 Å². The van der Waals surface area contributed by atoms with E-state index in [0.29, 0.717) is 12.1 Å². The molecule has 3 N–H and O–H groups in total. The second kappa shape index (κ2) is 5.50. The first-order valence-corrected chi connectivity index (χ1v) is 7.57. The van der Waals surface area contributed by atoms with Crippen LogP contribution in [0.4, 0.5) is 0 Å². The number of hydrogen-bond acceptors (Lipinski definition) is 3. The molecule has 1 fully saturated rings. The lowest BCUT2D eigenvalue weighted by Gasteiger charge is -2.33. The number of thiophene rings is 1. The van der Waals surface area contributed by atoms with Crippen LogP contribution in [0.2, 0.25) is 0 Å². The van der Waals surface area contributed by atoms with Gasteiger partial charge in [-0.15, -0.1) is 11.3 Å². The Balaban J connectivity index is 1.87. The van der Waals surface area contributed by atoms with Gasteiger partial charge in [0.25, 0.3) is 5.91 Å². The van der Waals surface area contributed by atoms with Gasteiger partial charge in [-0.05, 0) is 34.8 Å². The molecule has 1 aromatic heterocycles. The average Bonchev–Trinajstić information content (AvgIpc) is 2.74. The lowest BCUT2D eigenvalue weighted by molar-refractivity contribution is 0.0938. The molecule has 5 heteroatoms. The highest BCUT2D eigenvalue weighted by Crippen LogP contribution is 2.25. The van der Waals surface area contributed by atoms with Gasteiger partial charge in [0, 0.05) is 17.5 Å². The van der Waals surface area contributed by atoms with Crippen LogP contribution in [0.25, 0.3) is 0 Å². The van der Waals surface area contributed by atoms with E-state index in [4.69, 9.17) is 5.73 Å². The van der Waals surface area contributed by atoms with Crippen molar-refractivity contribution >= 4 is 33.2 Å². The normalized spacial score (nSPS) is 18.9. The molecular weight excluding hydrogens is 300 g/mol. The Morgan fingerprint density at radius 3 is 2.76 bits per heavy atom. The highest BCUT2D eigenvalue weighted by atomic mass is 79.9. The average molecular weight is 317 g/mol. The third kappa shape index (κ3) is 3.53. The van der Waals surface area contributed by atoms with Crippen LogP contribution in [0.1, 0.15) is 42.5 Å². The number of halogens is 1. The summed E-state index contributed by atoms with van der Waals surface area (Å²) in [4.78, 5) is 11.9. The van der Waals surface area contributed by atoms with Gasteiger partial charge in [0.1, 0.15) is 0 Å². The molecule has 0 atom stereocenters. The Morgan fingerprint density at radius 2 is 2.18 bits per heavy atom. The fraction of sp³-hybridized carbons (Fsp3) is 0.583. The monoisotopic (exact) mass is 316 g/mol. The van der Waals surface area contributed by atoms with Crippen molar-refractivity contribution in [3.05, 3.63) is 20.8 Å². The Kier molecular flexibility index (Phi) is 4.22. The van der Waals surface area contributed by atoms with Gasteiger partial charge in [-0.25, -0.2) is 0 Å². The predicted molar refractivity (Wildman–Crippen MR) is 74.4 cm³/mol. The maximum Gasteiger partial charge on any atom is 0.252 e. The summed E-state index contributed by atoms with van der Waals surface area (Å²) in [5, 5.41) is 4.80. The summed E-state index contributed by atoms with van der Waals surface area (Å²) >= 11 is 4.87. The Morgan fingerprint density at radius 1 is 1.47 bits per heavy atom.